The van der Waals surface area contributed by atoms with E-state index in [0.717, 1.165) is 21.5 Å². The summed E-state index contributed by atoms with van der Waals surface area (Å²) >= 11 is 3.49. The number of hydrogen-bond donors (Lipinski definition) is 0. The molecule has 2 aromatic carbocycles. The summed E-state index contributed by atoms with van der Waals surface area (Å²) in [5.74, 6) is 1.68. The maximum Gasteiger partial charge on any atom is 0.120 e. The Morgan fingerprint density at radius 3 is 2.28 bits per heavy atom. The first-order chi connectivity index (χ1) is 8.69. The predicted octanol–water partition coefficient (Wildman–Crippen LogP) is 4.35. The summed E-state index contributed by atoms with van der Waals surface area (Å²) in [6, 6.07) is 13.8. The van der Waals surface area contributed by atoms with Crippen molar-refractivity contribution in [2.24, 2.45) is 0 Å². The Morgan fingerprint density at radius 2 is 1.67 bits per heavy atom. The van der Waals surface area contributed by atoms with Gasteiger partial charge in [-0.25, -0.2) is 0 Å². The Hall–Kier alpha value is -1.48. The molecule has 94 valence electrons. The largest absolute Gasteiger partial charge is 0.497 e. The van der Waals surface area contributed by atoms with Gasteiger partial charge in [-0.1, -0.05) is 28.1 Å². The number of hydrogen-bond acceptors (Lipinski definition) is 2. The zero-order valence-corrected chi connectivity index (χ0v) is 12.0. The summed E-state index contributed by atoms with van der Waals surface area (Å²) in [7, 11) is 1.65. The van der Waals surface area contributed by atoms with E-state index in [-0.39, 0.29) is 0 Å². The highest BCUT2D eigenvalue weighted by Gasteiger charge is 1.99. The highest BCUT2D eigenvalue weighted by Crippen LogP contribution is 2.20. The van der Waals surface area contributed by atoms with Gasteiger partial charge in [-0.3, -0.25) is 0 Å². The molecule has 0 unspecified atom stereocenters. The van der Waals surface area contributed by atoms with Crippen LogP contribution in [0.15, 0.2) is 46.9 Å². The molecule has 18 heavy (non-hydrogen) atoms. The van der Waals surface area contributed by atoms with Gasteiger partial charge in [-0.2, -0.15) is 0 Å². The van der Waals surface area contributed by atoms with Crippen LogP contribution in [0.4, 0.5) is 0 Å². The molecule has 0 saturated carbocycles. The van der Waals surface area contributed by atoms with E-state index in [1.165, 1.54) is 5.56 Å². The Balaban J connectivity index is 1.99. The minimum atomic E-state index is 0.570. The Bertz CT molecular complexity index is 521. The molecule has 2 rings (SSSR count). The number of aryl methyl sites for hydroxylation is 1. The lowest BCUT2D eigenvalue weighted by Gasteiger charge is -2.08. The minimum absolute atomic E-state index is 0.570. The first kappa shape index (κ1) is 13.0. The van der Waals surface area contributed by atoms with Crippen molar-refractivity contribution in [1.29, 1.82) is 0 Å². The van der Waals surface area contributed by atoms with Gasteiger partial charge in [0.15, 0.2) is 0 Å². The highest BCUT2D eigenvalue weighted by atomic mass is 79.9. The summed E-state index contributed by atoms with van der Waals surface area (Å²) in [6.45, 7) is 2.64. The quantitative estimate of drug-likeness (QED) is 0.836. The normalized spacial score (nSPS) is 10.2. The average molecular weight is 307 g/mol. The molecule has 2 aromatic rings. The fourth-order valence-electron chi connectivity index (χ4n) is 1.64. The molecule has 0 bridgehead atoms. The van der Waals surface area contributed by atoms with Crippen LogP contribution in [-0.4, -0.2) is 7.11 Å². The predicted molar refractivity (Wildman–Crippen MR) is 76.2 cm³/mol. The van der Waals surface area contributed by atoms with Crippen LogP contribution in [0.25, 0.3) is 0 Å². The smallest absolute Gasteiger partial charge is 0.120 e. The Labute approximate surface area is 116 Å². The molecule has 2 nitrogen and oxygen atoms in total. The number of halogens is 1. The van der Waals surface area contributed by atoms with E-state index in [1.807, 2.05) is 30.3 Å². The molecule has 0 N–H and O–H groups in total. The Kier molecular flexibility index (Phi) is 4.26. The lowest BCUT2D eigenvalue weighted by atomic mass is 10.1. The summed E-state index contributed by atoms with van der Waals surface area (Å²) in [5, 5.41) is 0. The minimum Gasteiger partial charge on any atom is -0.497 e. The van der Waals surface area contributed by atoms with Crippen molar-refractivity contribution in [3.8, 4) is 11.5 Å². The van der Waals surface area contributed by atoms with E-state index in [1.54, 1.807) is 7.11 Å². The summed E-state index contributed by atoms with van der Waals surface area (Å²) in [4.78, 5) is 0. The molecule has 0 atom stereocenters. The standard InChI is InChI=1S/C15H15BrO2/c1-11-9-12(3-8-15(11)16)10-18-14-6-4-13(17-2)5-7-14/h3-9H,10H2,1-2H3. The van der Waals surface area contributed by atoms with Gasteiger partial charge in [0, 0.05) is 4.47 Å². The molecule has 0 amide bonds. The van der Waals surface area contributed by atoms with Crippen LogP contribution in [0, 0.1) is 6.92 Å². The van der Waals surface area contributed by atoms with Crippen LogP contribution < -0.4 is 9.47 Å². The first-order valence-corrected chi connectivity index (χ1v) is 6.50. The summed E-state index contributed by atoms with van der Waals surface area (Å²) in [6.07, 6.45) is 0. The van der Waals surface area contributed by atoms with Crippen molar-refractivity contribution in [2.45, 2.75) is 13.5 Å². The van der Waals surface area contributed by atoms with E-state index in [0.29, 0.717) is 6.61 Å². The summed E-state index contributed by atoms with van der Waals surface area (Å²) < 4.78 is 11.9. The fourth-order valence-corrected chi connectivity index (χ4v) is 1.88. The molecule has 0 aliphatic rings. The van der Waals surface area contributed by atoms with Gasteiger partial charge in [0.25, 0.3) is 0 Å². The second-order valence-electron chi connectivity index (χ2n) is 4.05. The molecular formula is C15H15BrO2. The van der Waals surface area contributed by atoms with Gasteiger partial charge in [-0.05, 0) is 48.4 Å². The number of methoxy groups -OCH3 is 1. The van der Waals surface area contributed by atoms with Crippen LogP contribution >= 0.6 is 15.9 Å². The van der Waals surface area contributed by atoms with E-state index in [2.05, 4.69) is 35.0 Å². The highest BCUT2D eigenvalue weighted by molar-refractivity contribution is 9.10. The van der Waals surface area contributed by atoms with E-state index < -0.39 is 0 Å². The van der Waals surface area contributed by atoms with Gasteiger partial charge in [0.2, 0.25) is 0 Å². The van der Waals surface area contributed by atoms with Gasteiger partial charge >= 0.3 is 0 Å². The lowest BCUT2D eigenvalue weighted by molar-refractivity contribution is 0.305. The second-order valence-corrected chi connectivity index (χ2v) is 4.90. The molecule has 0 spiro atoms. The van der Waals surface area contributed by atoms with Crippen LogP contribution in [-0.2, 0) is 6.61 Å². The molecule has 0 heterocycles. The van der Waals surface area contributed by atoms with Crippen molar-refractivity contribution < 1.29 is 9.47 Å². The maximum atomic E-state index is 5.72. The van der Waals surface area contributed by atoms with Gasteiger partial charge in [-0.15, -0.1) is 0 Å². The lowest BCUT2D eigenvalue weighted by Crippen LogP contribution is -1.96. The molecule has 0 radical (unpaired) electrons. The van der Waals surface area contributed by atoms with Gasteiger partial charge < -0.3 is 9.47 Å². The third kappa shape index (κ3) is 3.26. The van der Waals surface area contributed by atoms with Crippen LogP contribution in [0.2, 0.25) is 0 Å². The third-order valence-corrected chi connectivity index (χ3v) is 3.58. The molecule has 0 aliphatic heterocycles. The SMILES string of the molecule is COc1ccc(OCc2ccc(Br)c(C)c2)cc1. The van der Waals surface area contributed by atoms with Crippen molar-refractivity contribution in [3.63, 3.8) is 0 Å². The number of benzene rings is 2. The fraction of sp³-hybridized carbons (Fsp3) is 0.200. The second kappa shape index (κ2) is 5.91. The summed E-state index contributed by atoms with van der Waals surface area (Å²) in [5.41, 5.74) is 2.37. The van der Waals surface area contributed by atoms with Crippen LogP contribution in [0.3, 0.4) is 0 Å². The molecular weight excluding hydrogens is 292 g/mol. The van der Waals surface area contributed by atoms with Crippen LogP contribution in [0.5, 0.6) is 11.5 Å². The number of ether oxygens (including phenoxy) is 2. The van der Waals surface area contributed by atoms with Gasteiger partial charge in [0.1, 0.15) is 18.1 Å². The third-order valence-electron chi connectivity index (χ3n) is 2.69. The van der Waals surface area contributed by atoms with Crippen molar-refractivity contribution in [3.05, 3.63) is 58.1 Å². The number of rotatable bonds is 4. The molecule has 0 aromatic heterocycles. The molecule has 3 heteroatoms. The average Bonchev–Trinajstić information content (AvgIpc) is 2.41. The maximum absolute atomic E-state index is 5.72. The monoisotopic (exact) mass is 306 g/mol. The molecule has 0 aliphatic carbocycles. The topological polar surface area (TPSA) is 18.5 Å². The zero-order valence-electron chi connectivity index (χ0n) is 10.4. The van der Waals surface area contributed by atoms with Gasteiger partial charge in [0.05, 0.1) is 7.11 Å². The van der Waals surface area contributed by atoms with Crippen molar-refractivity contribution in [1.82, 2.24) is 0 Å². The molecule has 0 saturated heterocycles. The van der Waals surface area contributed by atoms with Crippen molar-refractivity contribution in [2.75, 3.05) is 7.11 Å². The van der Waals surface area contributed by atoms with E-state index in [9.17, 15) is 0 Å². The van der Waals surface area contributed by atoms with Crippen LogP contribution in [0.1, 0.15) is 11.1 Å². The zero-order chi connectivity index (χ0) is 13.0. The molecule has 0 fully saturated rings. The van der Waals surface area contributed by atoms with Crippen molar-refractivity contribution >= 4 is 15.9 Å². The van der Waals surface area contributed by atoms with E-state index in [4.69, 9.17) is 9.47 Å². The first-order valence-electron chi connectivity index (χ1n) is 5.71. The van der Waals surface area contributed by atoms with E-state index >= 15 is 0 Å². The Morgan fingerprint density at radius 1 is 1.00 bits per heavy atom.